The molecule has 0 radical (unpaired) electrons. The first-order chi connectivity index (χ1) is 9.78. The van der Waals surface area contributed by atoms with Crippen molar-refractivity contribution in [2.45, 2.75) is 11.3 Å². The number of Topliss-reactive ketones (excluding diaryl/α,β-unsaturated/α-hetero) is 1. The molecule has 3 aromatic rings. The highest BCUT2D eigenvalue weighted by Gasteiger charge is 2.10. The number of ketones is 1. The molecular weight excluding hydrogens is 284 g/mol. The minimum Gasteiger partial charge on any atom is -0.294 e. The number of thiophene rings is 1. The molecule has 3 heteroatoms. The Bertz CT molecular complexity index is 741. The summed E-state index contributed by atoms with van der Waals surface area (Å²) < 4.78 is 1.24. The summed E-state index contributed by atoms with van der Waals surface area (Å²) in [6.45, 7) is 0. The molecule has 0 fully saturated rings. The van der Waals surface area contributed by atoms with E-state index >= 15 is 0 Å². The molecule has 2 aromatic carbocycles. The highest BCUT2D eigenvalue weighted by atomic mass is 32.2. The SMILES string of the molecule is CSc1ccc(C(=O)Cc2csc3ccccc23)cc1. The summed E-state index contributed by atoms with van der Waals surface area (Å²) in [5.41, 5.74) is 1.92. The fraction of sp³-hybridized carbons (Fsp3) is 0.118. The van der Waals surface area contributed by atoms with Crippen LogP contribution in [0.4, 0.5) is 0 Å². The zero-order valence-electron chi connectivity index (χ0n) is 11.1. The van der Waals surface area contributed by atoms with E-state index in [1.165, 1.54) is 15.0 Å². The smallest absolute Gasteiger partial charge is 0.167 e. The number of hydrogen-bond acceptors (Lipinski definition) is 3. The average Bonchev–Trinajstić information content (AvgIpc) is 2.91. The second-order valence-electron chi connectivity index (χ2n) is 4.59. The second-order valence-corrected chi connectivity index (χ2v) is 6.38. The number of rotatable bonds is 4. The zero-order valence-corrected chi connectivity index (χ0v) is 12.8. The Hall–Kier alpha value is -1.58. The van der Waals surface area contributed by atoms with Gasteiger partial charge >= 0.3 is 0 Å². The van der Waals surface area contributed by atoms with E-state index in [-0.39, 0.29) is 5.78 Å². The van der Waals surface area contributed by atoms with Gasteiger partial charge in [-0.15, -0.1) is 23.1 Å². The van der Waals surface area contributed by atoms with E-state index in [1.54, 1.807) is 23.1 Å². The van der Waals surface area contributed by atoms with Crippen LogP contribution in [-0.2, 0) is 6.42 Å². The van der Waals surface area contributed by atoms with Crippen LogP contribution in [0.3, 0.4) is 0 Å². The minimum atomic E-state index is 0.182. The van der Waals surface area contributed by atoms with Crippen LogP contribution >= 0.6 is 23.1 Å². The lowest BCUT2D eigenvalue weighted by Crippen LogP contribution is -2.02. The third-order valence-corrected chi connectivity index (χ3v) is 5.08. The Labute approximate surface area is 126 Å². The third kappa shape index (κ3) is 2.65. The number of fused-ring (bicyclic) bond motifs is 1. The van der Waals surface area contributed by atoms with Gasteiger partial charge in [-0.2, -0.15) is 0 Å². The highest BCUT2D eigenvalue weighted by molar-refractivity contribution is 7.98. The predicted octanol–water partition coefficient (Wildman–Crippen LogP) is 5.05. The van der Waals surface area contributed by atoms with Gasteiger partial charge in [0.1, 0.15) is 0 Å². The number of benzene rings is 2. The van der Waals surface area contributed by atoms with Crippen molar-refractivity contribution in [3.63, 3.8) is 0 Å². The van der Waals surface area contributed by atoms with Gasteiger partial charge in [0, 0.05) is 21.6 Å². The third-order valence-electron chi connectivity index (χ3n) is 3.32. The fourth-order valence-corrected chi connectivity index (χ4v) is 3.59. The molecule has 0 aliphatic heterocycles. The Morgan fingerprint density at radius 3 is 2.60 bits per heavy atom. The first-order valence-electron chi connectivity index (χ1n) is 6.40. The van der Waals surface area contributed by atoms with Gasteiger partial charge in [0.25, 0.3) is 0 Å². The molecule has 0 saturated carbocycles. The standard InChI is InChI=1S/C17H14OS2/c1-19-14-8-6-12(7-9-14)16(18)10-13-11-20-17-5-3-2-4-15(13)17/h2-9,11H,10H2,1H3. The second kappa shape index (κ2) is 5.81. The van der Waals surface area contributed by atoms with Crippen molar-refractivity contribution in [2.75, 3.05) is 6.26 Å². The summed E-state index contributed by atoms with van der Waals surface area (Å²) in [6.07, 6.45) is 2.51. The lowest BCUT2D eigenvalue weighted by Gasteiger charge is -2.02. The normalized spacial score (nSPS) is 10.8. The molecule has 0 saturated heterocycles. The van der Waals surface area contributed by atoms with Crippen molar-refractivity contribution in [2.24, 2.45) is 0 Å². The Morgan fingerprint density at radius 2 is 1.85 bits per heavy atom. The van der Waals surface area contributed by atoms with E-state index in [0.29, 0.717) is 6.42 Å². The molecule has 20 heavy (non-hydrogen) atoms. The molecule has 0 N–H and O–H groups in total. The maximum atomic E-state index is 12.4. The lowest BCUT2D eigenvalue weighted by molar-refractivity contribution is 0.0993. The molecular formula is C17H14OS2. The van der Waals surface area contributed by atoms with Crippen LogP contribution in [0.5, 0.6) is 0 Å². The number of carbonyl (C=O) groups excluding carboxylic acids is 1. The minimum absolute atomic E-state index is 0.182. The maximum Gasteiger partial charge on any atom is 0.167 e. The quantitative estimate of drug-likeness (QED) is 0.495. The Balaban J connectivity index is 1.84. The van der Waals surface area contributed by atoms with Gasteiger partial charge in [-0.25, -0.2) is 0 Å². The van der Waals surface area contributed by atoms with Crippen LogP contribution in [0.2, 0.25) is 0 Å². The summed E-state index contributed by atoms with van der Waals surface area (Å²) in [4.78, 5) is 13.5. The molecule has 3 rings (SSSR count). The lowest BCUT2D eigenvalue weighted by atomic mass is 10.0. The zero-order chi connectivity index (χ0) is 13.9. The largest absolute Gasteiger partial charge is 0.294 e. The first-order valence-corrected chi connectivity index (χ1v) is 8.51. The van der Waals surface area contributed by atoms with E-state index in [4.69, 9.17) is 0 Å². The van der Waals surface area contributed by atoms with Gasteiger partial charge in [-0.1, -0.05) is 30.3 Å². The molecule has 0 spiro atoms. The maximum absolute atomic E-state index is 12.4. The summed E-state index contributed by atoms with van der Waals surface area (Å²) >= 11 is 3.39. The van der Waals surface area contributed by atoms with Crippen molar-refractivity contribution < 1.29 is 4.79 Å². The van der Waals surface area contributed by atoms with Crippen LogP contribution in [-0.4, -0.2) is 12.0 Å². The predicted molar refractivity (Wildman–Crippen MR) is 88.1 cm³/mol. The highest BCUT2D eigenvalue weighted by Crippen LogP contribution is 2.26. The van der Waals surface area contributed by atoms with E-state index in [0.717, 1.165) is 11.1 Å². The van der Waals surface area contributed by atoms with Crippen molar-refractivity contribution in [3.8, 4) is 0 Å². The molecule has 0 unspecified atom stereocenters. The number of hydrogen-bond donors (Lipinski definition) is 0. The summed E-state index contributed by atoms with van der Waals surface area (Å²) in [5, 5.41) is 3.30. The van der Waals surface area contributed by atoms with E-state index < -0.39 is 0 Å². The van der Waals surface area contributed by atoms with Gasteiger partial charge in [-0.3, -0.25) is 4.79 Å². The molecule has 0 atom stereocenters. The molecule has 0 aliphatic carbocycles. The molecule has 0 amide bonds. The van der Waals surface area contributed by atoms with Crippen LogP contribution in [0, 0.1) is 0 Å². The Morgan fingerprint density at radius 1 is 1.10 bits per heavy atom. The topological polar surface area (TPSA) is 17.1 Å². The van der Waals surface area contributed by atoms with Gasteiger partial charge in [0.15, 0.2) is 5.78 Å². The van der Waals surface area contributed by atoms with Crippen LogP contribution in [0.15, 0.2) is 58.8 Å². The van der Waals surface area contributed by atoms with Crippen molar-refractivity contribution in [1.29, 1.82) is 0 Å². The Kier molecular flexibility index (Phi) is 3.90. The van der Waals surface area contributed by atoms with Gasteiger partial charge in [0.2, 0.25) is 0 Å². The summed E-state index contributed by atoms with van der Waals surface area (Å²) in [7, 11) is 0. The fourth-order valence-electron chi connectivity index (χ4n) is 2.22. The van der Waals surface area contributed by atoms with Crippen molar-refractivity contribution in [3.05, 3.63) is 65.0 Å². The van der Waals surface area contributed by atoms with Gasteiger partial charge < -0.3 is 0 Å². The first kappa shape index (κ1) is 13.4. The van der Waals surface area contributed by atoms with E-state index in [2.05, 4.69) is 17.5 Å². The molecule has 1 nitrogen and oxygen atoms in total. The molecule has 1 heterocycles. The number of carbonyl (C=O) groups is 1. The summed E-state index contributed by atoms with van der Waals surface area (Å²) in [5.74, 6) is 0.182. The summed E-state index contributed by atoms with van der Waals surface area (Å²) in [6, 6.07) is 16.1. The van der Waals surface area contributed by atoms with Crippen molar-refractivity contribution >= 4 is 39.0 Å². The monoisotopic (exact) mass is 298 g/mol. The van der Waals surface area contributed by atoms with Crippen LogP contribution < -0.4 is 0 Å². The molecule has 0 aliphatic rings. The molecule has 100 valence electrons. The van der Waals surface area contributed by atoms with E-state index in [9.17, 15) is 4.79 Å². The van der Waals surface area contributed by atoms with Crippen LogP contribution in [0.25, 0.3) is 10.1 Å². The number of thioether (sulfide) groups is 1. The molecule has 1 aromatic heterocycles. The van der Waals surface area contributed by atoms with E-state index in [1.807, 2.05) is 42.7 Å². The van der Waals surface area contributed by atoms with Crippen LogP contribution in [0.1, 0.15) is 15.9 Å². The van der Waals surface area contributed by atoms with Gasteiger partial charge in [-0.05, 0) is 40.8 Å². The van der Waals surface area contributed by atoms with Crippen molar-refractivity contribution in [1.82, 2.24) is 0 Å². The molecule has 0 bridgehead atoms. The van der Waals surface area contributed by atoms with Gasteiger partial charge in [0.05, 0.1) is 0 Å². The average molecular weight is 298 g/mol.